The lowest BCUT2D eigenvalue weighted by atomic mass is 10.1. The van der Waals surface area contributed by atoms with Gasteiger partial charge in [-0.1, -0.05) is 6.07 Å². The molecule has 0 bridgehead atoms. The third-order valence-electron chi connectivity index (χ3n) is 2.67. The van der Waals surface area contributed by atoms with Gasteiger partial charge in [-0.15, -0.1) is 0 Å². The maximum Gasteiger partial charge on any atom is 0.304 e. The molecule has 108 valence electrons. The van der Waals surface area contributed by atoms with E-state index in [-0.39, 0.29) is 16.9 Å². The van der Waals surface area contributed by atoms with Crippen LogP contribution in [0.3, 0.4) is 0 Å². The average molecular weight is 293 g/mol. The number of nitro groups is 1. The quantitative estimate of drug-likeness (QED) is 0.516. The number of nitro benzene ring substituents is 1. The van der Waals surface area contributed by atoms with E-state index >= 15 is 0 Å². The minimum atomic E-state index is -1.14. The SMILES string of the molecule is Nc1cccc(C(=O)Nc2ccc(F)c(F)c2)c1[N+](=O)[O-]. The topological polar surface area (TPSA) is 98.3 Å². The monoisotopic (exact) mass is 293 g/mol. The number of carbonyl (C=O) groups excluding carboxylic acids is 1. The summed E-state index contributed by atoms with van der Waals surface area (Å²) >= 11 is 0. The van der Waals surface area contributed by atoms with E-state index in [2.05, 4.69) is 5.32 Å². The van der Waals surface area contributed by atoms with E-state index in [9.17, 15) is 23.7 Å². The predicted octanol–water partition coefficient (Wildman–Crippen LogP) is 2.71. The van der Waals surface area contributed by atoms with Crippen LogP contribution < -0.4 is 11.1 Å². The lowest BCUT2D eigenvalue weighted by molar-refractivity contribution is -0.384. The van der Waals surface area contributed by atoms with E-state index in [0.29, 0.717) is 0 Å². The third-order valence-corrected chi connectivity index (χ3v) is 2.67. The molecular formula is C13H9F2N3O3. The Kier molecular flexibility index (Phi) is 3.79. The Morgan fingerprint density at radius 3 is 2.52 bits per heavy atom. The number of nitrogens with one attached hydrogen (secondary N) is 1. The molecule has 0 heterocycles. The first-order valence-corrected chi connectivity index (χ1v) is 5.69. The lowest BCUT2D eigenvalue weighted by Gasteiger charge is -2.07. The van der Waals surface area contributed by atoms with Crippen molar-refractivity contribution < 1.29 is 18.5 Å². The Morgan fingerprint density at radius 2 is 1.90 bits per heavy atom. The van der Waals surface area contributed by atoms with Gasteiger partial charge in [-0.05, 0) is 24.3 Å². The largest absolute Gasteiger partial charge is 0.393 e. The summed E-state index contributed by atoms with van der Waals surface area (Å²) in [6.45, 7) is 0. The van der Waals surface area contributed by atoms with E-state index in [1.165, 1.54) is 18.2 Å². The van der Waals surface area contributed by atoms with Crippen molar-refractivity contribution in [2.24, 2.45) is 0 Å². The highest BCUT2D eigenvalue weighted by atomic mass is 19.2. The van der Waals surface area contributed by atoms with Crippen LogP contribution in [-0.2, 0) is 0 Å². The number of nitrogens with two attached hydrogens (primary N) is 1. The van der Waals surface area contributed by atoms with Gasteiger partial charge in [0, 0.05) is 11.8 Å². The zero-order valence-electron chi connectivity index (χ0n) is 10.5. The number of hydrogen-bond donors (Lipinski definition) is 2. The number of rotatable bonds is 3. The van der Waals surface area contributed by atoms with E-state index in [0.717, 1.165) is 18.2 Å². The van der Waals surface area contributed by atoms with Crippen LogP contribution in [0.1, 0.15) is 10.4 Å². The minimum absolute atomic E-state index is 0.0318. The van der Waals surface area contributed by atoms with E-state index in [4.69, 9.17) is 5.73 Å². The van der Waals surface area contributed by atoms with Crippen LogP contribution in [-0.4, -0.2) is 10.8 Å². The van der Waals surface area contributed by atoms with E-state index < -0.39 is 28.2 Å². The van der Waals surface area contributed by atoms with Gasteiger partial charge in [0.15, 0.2) is 11.6 Å². The molecule has 0 atom stereocenters. The maximum atomic E-state index is 13.0. The van der Waals surface area contributed by atoms with Crippen LogP contribution in [0.15, 0.2) is 36.4 Å². The first-order valence-electron chi connectivity index (χ1n) is 5.69. The van der Waals surface area contributed by atoms with E-state index in [1.54, 1.807) is 0 Å². The van der Waals surface area contributed by atoms with Crippen molar-refractivity contribution in [3.05, 3.63) is 63.7 Å². The van der Waals surface area contributed by atoms with E-state index in [1.807, 2.05) is 0 Å². The molecule has 2 rings (SSSR count). The Balaban J connectivity index is 2.35. The highest BCUT2D eigenvalue weighted by molar-refractivity contribution is 6.08. The molecule has 0 unspecified atom stereocenters. The normalized spacial score (nSPS) is 10.2. The molecule has 2 aromatic rings. The summed E-state index contributed by atoms with van der Waals surface area (Å²) in [5, 5.41) is 13.2. The fourth-order valence-corrected chi connectivity index (χ4v) is 1.72. The van der Waals surface area contributed by atoms with Crippen molar-refractivity contribution in [3.63, 3.8) is 0 Å². The molecule has 0 spiro atoms. The van der Waals surface area contributed by atoms with Crippen LogP contribution in [0.5, 0.6) is 0 Å². The molecule has 0 fully saturated rings. The number of hydrogen-bond acceptors (Lipinski definition) is 4. The molecular weight excluding hydrogens is 284 g/mol. The number of halogens is 2. The Morgan fingerprint density at radius 1 is 1.19 bits per heavy atom. The number of anilines is 2. The summed E-state index contributed by atoms with van der Waals surface area (Å²) in [7, 11) is 0. The zero-order chi connectivity index (χ0) is 15.6. The molecule has 6 nitrogen and oxygen atoms in total. The van der Waals surface area contributed by atoms with Crippen LogP contribution in [0, 0.1) is 21.7 Å². The van der Waals surface area contributed by atoms with Crippen molar-refractivity contribution in [1.82, 2.24) is 0 Å². The van der Waals surface area contributed by atoms with Crippen LogP contribution >= 0.6 is 0 Å². The second-order valence-electron chi connectivity index (χ2n) is 4.08. The summed E-state index contributed by atoms with van der Waals surface area (Å²) < 4.78 is 25.8. The summed E-state index contributed by atoms with van der Waals surface area (Å²) in [6.07, 6.45) is 0. The van der Waals surface area contributed by atoms with Gasteiger partial charge in [-0.2, -0.15) is 0 Å². The maximum absolute atomic E-state index is 13.0. The molecule has 8 heteroatoms. The number of nitrogen functional groups attached to an aromatic ring is 1. The van der Waals surface area contributed by atoms with Gasteiger partial charge >= 0.3 is 5.69 Å². The number of nitrogens with zero attached hydrogens (tertiary/aromatic N) is 1. The van der Waals surface area contributed by atoms with Gasteiger partial charge in [0.2, 0.25) is 0 Å². The molecule has 1 amide bonds. The molecule has 21 heavy (non-hydrogen) atoms. The van der Waals surface area contributed by atoms with Gasteiger partial charge in [0.05, 0.1) is 4.92 Å². The average Bonchev–Trinajstić information content (AvgIpc) is 2.42. The Hall–Kier alpha value is -3.03. The van der Waals surface area contributed by atoms with Gasteiger partial charge in [-0.3, -0.25) is 14.9 Å². The summed E-state index contributed by atoms with van der Waals surface area (Å²) in [4.78, 5) is 22.2. The molecule has 2 aromatic carbocycles. The second-order valence-corrected chi connectivity index (χ2v) is 4.08. The highest BCUT2D eigenvalue weighted by Gasteiger charge is 2.23. The summed E-state index contributed by atoms with van der Waals surface area (Å²) in [5.41, 5.74) is 4.45. The third kappa shape index (κ3) is 2.94. The Labute approximate surface area is 117 Å². The lowest BCUT2D eigenvalue weighted by Crippen LogP contribution is -2.15. The molecule has 0 aromatic heterocycles. The first kappa shape index (κ1) is 14.4. The summed E-state index contributed by atoms with van der Waals surface area (Å²) in [5.74, 6) is -3.06. The number of para-hydroxylation sites is 1. The number of carbonyl (C=O) groups is 1. The van der Waals surface area contributed by atoms with Gasteiger partial charge < -0.3 is 11.1 Å². The fourth-order valence-electron chi connectivity index (χ4n) is 1.72. The standard InChI is InChI=1S/C13H9F2N3O3/c14-9-5-4-7(6-10(9)15)17-13(19)8-2-1-3-11(16)12(8)18(20)21/h1-6H,16H2,(H,17,19). The molecule has 0 saturated heterocycles. The van der Waals surface area contributed by atoms with Gasteiger partial charge in [0.1, 0.15) is 11.3 Å². The predicted molar refractivity (Wildman–Crippen MR) is 71.8 cm³/mol. The molecule has 0 aliphatic rings. The molecule has 0 radical (unpaired) electrons. The number of amides is 1. The molecule has 0 aliphatic carbocycles. The number of benzene rings is 2. The second kappa shape index (κ2) is 5.53. The van der Waals surface area contributed by atoms with Crippen molar-refractivity contribution in [1.29, 1.82) is 0 Å². The van der Waals surface area contributed by atoms with Gasteiger partial charge in [-0.25, -0.2) is 8.78 Å². The fraction of sp³-hybridized carbons (Fsp3) is 0. The molecule has 0 aliphatic heterocycles. The molecule has 0 saturated carbocycles. The highest BCUT2D eigenvalue weighted by Crippen LogP contribution is 2.26. The zero-order valence-corrected chi connectivity index (χ0v) is 10.5. The van der Waals surface area contributed by atoms with Crippen molar-refractivity contribution in [3.8, 4) is 0 Å². The summed E-state index contributed by atoms with van der Waals surface area (Å²) in [6, 6.07) is 6.61. The smallest absolute Gasteiger partial charge is 0.304 e. The molecule has 3 N–H and O–H groups in total. The van der Waals surface area contributed by atoms with Crippen molar-refractivity contribution in [2.75, 3.05) is 11.1 Å². The van der Waals surface area contributed by atoms with Crippen LogP contribution in [0.4, 0.5) is 25.8 Å². The first-order chi connectivity index (χ1) is 9.90. The minimum Gasteiger partial charge on any atom is -0.393 e. The van der Waals surface area contributed by atoms with Crippen molar-refractivity contribution >= 4 is 23.0 Å². The van der Waals surface area contributed by atoms with Gasteiger partial charge in [0.25, 0.3) is 5.91 Å². The van der Waals surface area contributed by atoms with Crippen LogP contribution in [0.2, 0.25) is 0 Å². The van der Waals surface area contributed by atoms with Crippen LogP contribution in [0.25, 0.3) is 0 Å². The Bertz CT molecular complexity index is 735. The van der Waals surface area contributed by atoms with Crippen molar-refractivity contribution in [2.45, 2.75) is 0 Å².